The SMILES string of the molecule is COC(C)c1ccc(C)nc1CN(C)C. The third kappa shape index (κ3) is 3.29. The van der Waals surface area contributed by atoms with Crippen molar-refractivity contribution in [2.45, 2.75) is 26.5 Å². The highest BCUT2D eigenvalue weighted by atomic mass is 16.5. The first-order chi connectivity index (χ1) is 7.04. The number of nitrogens with zero attached hydrogens (tertiary/aromatic N) is 2. The zero-order chi connectivity index (χ0) is 11.4. The van der Waals surface area contributed by atoms with E-state index >= 15 is 0 Å². The molecule has 1 aromatic rings. The van der Waals surface area contributed by atoms with Gasteiger partial charge < -0.3 is 9.64 Å². The Balaban J connectivity index is 3.02. The summed E-state index contributed by atoms with van der Waals surface area (Å²) in [7, 11) is 5.82. The molecule has 1 rings (SSSR count). The van der Waals surface area contributed by atoms with Gasteiger partial charge in [0, 0.05) is 24.9 Å². The molecule has 15 heavy (non-hydrogen) atoms. The summed E-state index contributed by atoms with van der Waals surface area (Å²) >= 11 is 0. The second-order valence-corrected chi connectivity index (χ2v) is 4.10. The smallest absolute Gasteiger partial charge is 0.0811 e. The van der Waals surface area contributed by atoms with Crippen molar-refractivity contribution in [3.8, 4) is 0 Å². The average Bonchev–Trinajstić information content (AvgIpc) is 2.16. The molecule has 0 spiro atoms. The summed E-state index contributed by atoms with van der Waals surface area (Å²) in [5, 5.41) is 0. The van der Waals surface area contributed by atoms with Gasteiger partial charge in [-0.15, -0.1) is 0 Å². The Labute approximate surface area is 92.1 Å². The minimum atomic E-state index is 0.105. The fourth-order valence-corrected chi connectivity index (χ4v) is 1.54. The molecule has 84 valence electrons. The molecule has 0 aromatic carbocycles. The molecule has 1 atom stereocenters. The summed E-state index contributed by atoms with van der Waals surface area (Å²) in [4.78, 5) is 6.68. The van der Waals surface area contributed by atoms with E-state index in [1.165, 1.54) is 5.56 Å². The average molecular weight is 208 g/mol. The van der Waals surface area contributed by atoms with E-state index in [4.69, 9.17) is 4.74 Å². The van der Waals surface area contributed by atoms with Gasteiger partial charge in [-0.25, -0.2) is 0 Å². The van der Waals surface area contributed by atoms with Gasteiger partial charge >= 0.3 is 0 Å². The molecule has 1 aromatic heterocycles. The number of aryl methyl sites for hydroxylation is 1. The third-order valence-corrected chi connectivity index (χ3v) is 2.41. The molecule has 1 unspecified atom stereocenters. The van der Waals surface area contributed by atoms with Crippen LogP contribution in [0.5, 0.6) is 0 Å². The van der Waals surface area contributed by atoms with Crippen LogP contribution in [0.3, 0.4) is 0 Å². The second-order valence-electron chi connectivity index (χ2n) is 4.10. The van der Waals surface area contributed by atoms with Gasteiger partial charge in [0.15, 0.2) is 0 Å². The van der Waals surface area contributed by atoms with Crippen molar-refractivity contribution in [1.29, 1.82) is 0 Å². The van der Waals surface area contributed by atoms with Crippen LogP contribution in [0, 0.1) is 6.92 Å². The van der Waals surface area contributed by atoms with Crippen molar-refractivity contribution in [2.75, 3.05) is 21.2 Å². The lowest BCUT2D eigenvalue weighted by atomic mass is 10.1. The fourth-order valence-electron chi connectivity index (χ4n) is 1.54. The number of ether oxygens (including phenoxy) is 1. The molecule has 0 saturated carbocycles. The third-order valence-electron chi connectivity index (χ3n) is 2.41. The fraction of sp³-hybridized carbons (Fsp3) is 0.583. The first kappa shape index (κ1) is 12.1. The van der Waals surface area contributed by atoms with Crippen LogP contribution < -0.4 is 0 Å². The lowest BCUT2D eigenvalue weighted by Crippen LogP contribution is -2.15. The Hall–Kier alpha value is -0.930. The molecule has 0 aliphatic carbocycles. The van der Waals surface area contributed by atoms with Gasteiger partial charge in [0.25, 0.3) is 0 Å². The molecule has 3 heteroatoms. The summed E-state index contributed by atoms with van der Waals surface area (Å²) in [5.74, 6) is 0. The van der Waals surface area contributed by atoms with Gasteiger partial charge in [-0.3, -0.25) is 4.98 Å². The maximum Gasteiger partial charge on any atom is 0.0811 e. The van der Waals surface area contributed by atoms with Gasteiger partial charge in [0.05, 0.1) is 11.8 Å². The van der Waals surface area contributed by atoms with E-state index in [2.05, 4.69) is 16.0 Å². The summed E-state index contributed by atoms with van der Waals surface area (Å²) in [6.45, 7) is 4.91. The van der Waals surface area contributed by atoms with Gasteiger partial charge in [0.1, 0.15) is 0 Å². The topological polar surface area (TPSA) is 25.4 Å². The molecule has 0 fully saturated rings. The van der Waals surface area contributed by atoms with Crippen LogP contribution in [0.1, 0.15) is 30.0 Å². The number of hydrogen-bond acceptors (Lipinski definition) is 3. The first-order valence-electron chi connectivity index (χ1n) is 5.18. The molecule has 0 saturated heterocycles. The molecule has 0 bridgehead atoms. The van der Waals surface area contributed by atoms with Crippen molar-refractivity contribution in [2.24, 2.45) is 0 Å². The Bertz CT molecular complexity index is 323. The minimum absolute atomic E-state index is 0.105. The van der Waals surface area contributed by atoms with Crippen molar-refractivity contribution in [3.63, 3.8) is 0 Å². The lowest BCUT2D eigenvalue weighted by Gasteiger charge is -2.17. The standard InChI is InChI=1S/C12H20N2O/c1-9-6-7-11(10(2)15-5)12(13-9)8-14(3)4/h6-7,10H,8H2,1-5H3. The van der Waals surface area contributed by atoms with Crippen molar-refractivity contribution >= 4 is 0 Å². The Morgan fingerprint density at radius 1 is 1.40 bits per heavy atom. The Morgan fingerprint density at radius 2 is 2.07 bits per heavy atom. The Morgan fingerprint density at radius 3 is 2.60 bits per heavy atom. The highest BCUT2D eigenvalue weighted by Gasteiger charge is 2.11. The van der Waals surface area contributed by atoms with E-state index in [0.29, 0.717) is 0 Å². The van der Waals surface area contributed by atoms with E-state index in [9.17, 15) is 0 Å². The van der Waals surface area contributed by atoms with Crippen LogP contribution in [0.4, 0.5) is 0 Å². The number of methoxy groups -OCH3 is 1. The lowest BCUT2D eigenvalue weighted by molar-refractivity contribution is 0.117. The largest absolute Gasteiger partial charge is 0.377 e. The quantitative estimate of drug-likeness (QED) is 0.758. The van der Waals surface area contributed by atoms with Crippen molar-refractivity contribution in [3.05, 3.63) is 29.1 Å². The summed E-state index contributed by atoms with van der Waals surface area (Å²) in [6, 6.07) is 4.14. The minimum Gasteiger partial charge on any atom is -0.377 e. The zero-order valence-corrected chi connectivity index (χ0v) is 10.2. The molecule has 0 radical (unpaired) electrons. The maximum absolute atomic E-state index is 5.34. The van der Waals surface area contributed by atoms with E-state index in [1.807, 2.05) is 34.0 Å². The molecular formula is C12H20N2O. The first-order valence-corrected chi connectivity index (χ1v) is 5.18. The summed E-state index contributed by atoms with van der Waals surface area (Å²) in [6.07, 6.45) is 0.105. The number of hydrogen-bond donors (Lipinski definition) is 0. The predicted octanol–water partition coefficient (Wildman–Crippen LogP) is 2.16. The van der Waals surface area contributed by atoms with Crippen LogP contribution in [0.2, 0.25) is 0 Å². The monoisotopic (exact) mass is 208 g/mol. The highest BCUT2D eigenvalue weighted by Crippen LogP contribution is 2.20. The highest BCUT2D eigenvalue weighted by molar-refractivity contribution is 5.24. The van der Waals surface area contributed by atoms with E-state index < -0.39 is 0 Å². The summed E-state index contributed by atoms with van der Waals surface area (Å²) in [5.41, 5.74) is 3.34. The maximum atomic E-state index is 5.34. The van der Waals surface area contributed by atoms with Crippen LogP contribution in [-0.2, 0) is 11.3 Å². The van der Waals surface area contributed by atoms with Crippen LogP contribution in [-0.4, -0.2) is 31.1 Å². The van der Waals surface area contributed by atoms with Crippen LogP contribution >= 0.6 is 0 Å². The molecule has 3 nitrogen and oxygen atoms in total. The molecule has 0 amide bonds. The van der Waals surface area contributed by atoms with E-state index in [1.54, 1.807) is 7.11 Å². The number of pyridine rings is 1. The second kappa shape index (κ2) is 5.24. The van der Waals surface area contributed by atoms with Crippen molar-refractivity contribution < 1.29 is 4.74 Å². The number of aromatic nitrogens is 1. The zero-order valence-electron chi connectivity index (χ0n) is 10.2. The van der Waals surface area contributed by atoms with Gasteiger partial charge in [-0.2, -0.15) is 0 Å². The molecule has 1 heterocycles. The molecule has 0 aliphatic rings. The van der Waals surface area contributed by atoms with Gasteiger partial charge in [0.2, 0.25) is 0 Å². The molecule has 0 aliphatic heterocycles. The van der Waals surface area contributed by atoms with Crippen LogP contribution in [0.25, 0.3) is 0 Å². The Kier molecular flexibility index (Phi) is 4.24. The van der Waals surface area contributed by atoms with E-state index in [-0.39, 0.29) is 6.10 Å². The molecule has 0 N–H and O–H groups in total. The summed E-state index contributed by atoms with van der Waals surface area (Å²) < 4.78 is 5.34. The van der Waals surface area contributed by atoms with Crippen molar-refractivity contribution in [1.82, 2.24) is 9.88 Å². The van der Waals surface area contributed by atoms with Crippen LogP contribution in [0.15, 0.2) is 12.1 Å². The normalized spacial score (nSPS) is 13.2. The van der Waals surface area contributed by atoms with E-state index in [0.717, 1.165) is 17.9 Å². The van der Waals surface area contributed by atoms with Gasteiger partial charge in [-0.1, -0.05) is 6.07 Å². The van der Waals surface area contributed by atoms with Gasteiger partial charge in [-0.05, 0) is 34.0 Å². The molecular weight excluding hydrogens is 188 g/mol. The predicted molar refractivity (Wildman–Crippen MR) is 61.8 cm³/mol. The number of rotatable bonds is 4.